The molecular formula is C43H38N2. The van der Waals surface area contributed by atoms with Crippen molar-refractivity contribution in [2.24, 2.45) is 0 Å². The third-order valence-corrected chi connectivity index (χ3v) is 10.0. The van der Waals surface area contributed by atoms with Crippen molar-refractivity contribution in [3.05, 3.63) is 167 Å². The second-order valence-electron chi connectivity index (χ2n) is 13.6. The van der Waals surface area contributed by atoms with Gasteiger partial charge in [0.2, 0.25) is 0 Å². The van der Waals surface area contributed by atoms with Crippen molar-refractivity contribution in [1.29, 1.82) is 0 Å². The first-order chi connectivity index (χ1) is 21.7. The highest BCUT2D eigenvalue weighted by molar-refractivity contribution is 5.94. The van der Waals surface area contributed by atoms with Gasteiger partial charge in [0.05, 0.1) is 17.1 Å². The van der Waals surface area contributed by atoms with Gasteiger partial charge in [0.25, 0.3) is 0 Å². The Balaban J connectivity index is 1.35. The van der Waals surface area contributed by atoms with E-state index in [0.717, 1.165) is 17.1 Å². The molecule has 0 saturated heterocycles. The van der Waals surface area contributed by atoms with Crippen LogP contribution in [0.15, 0.2) is 140 Å². The molecule has 2 aliphatic heterocycles. The van der Waals surface area contributed by atoms with Gasteiger partial charge in [0, 0.05) is 27.9 Å². The van der Waals surface area contributed by atoms with Gasteiger partial charge in [-0.05, 0) is 94.4 Å². The lowest BCUT2D eigenvalue weighted by molar-refractivity contribution is 0.597. The third kappa shape index (κ3) is 4.16. The Bertz CT molecular complexity index is 2090. The molecular weight excluding hydrogens is 544 g/mol. The van der Waals surface area contributed by atoms with Crippen LogP contribution in [-0.4, -0.2) is 0 Å². The van der Waals surface area contributed by atoms with Gasteiger partial charge < -0.3 is 9.80 Å². The van der Waals surface area contributed by atoms with Gasteiger partial charge in [-0.3, -0.25) is 0 Å². The van der Waals surface area contributed by atoms with Crippen LogP contribution in [0.1, 0.15) is 55.5 Å². The van der Waals surface area contributed by atoms with E-state index in [4.69, 9.17) is 0 Å². The summed E-state index contributed by atoms with van der Waals surface area (Å²) in [6, 6.07) is 51.4. The van der Waals surface area contributed by atoms with Crippen LogP contribution in [0, 0.1) is 6.92 Å². The van der Waals surface area contributed by atoms with E-state index in [1.54, 1.807) is 0 Å². The number of benzene rings is 6. The summed E-state index contributed by atoms with van der Waals surface area (Å²) in [6.07, 6.45) is 0. The lowest BCUT2D eigenvalue weighted by atomic mass is 9.66. The summed E-state index contributed by atoms with van der Waals surface area (Å²) < 4.78 is 0. The summed E-state index contributed by atoms with van der Waals surface area (Å²) in [5.41, 5.74) is 16.2. The molecule has 0 saturated carbocycles. The fourth-order valence-electron chi connectivity index (χ4n) is 7.68. The van der Waals surface area contributed by atoms with Crippen molar-refractivity contribution in [3.63, 3.8) is 0 Å². The Morgan fingerprint density at radius 2 is 1.00 bits per heavy atom. The average molecular weight is 583 g/mol. The quantitative estimate of drug-likeness (QED) is 0.204. The third-order valence-electron chi connectivity index (χ3n) is 10.0. The van der Waals surface area contributed by atoms with Crippen LogP contribution >= 0.6 is 0 Å². The monoisotopic (exact) mass is 582 g/mol. The van der Waals surface area contributed by atoms with Gasteiger partial charge in [0.15, 0.2) is 0 Å². The molecule has 8 rings (SSSR count). The molecule has 0 aromatic heterocycles. The minimum atomic E-state index is -0.195. The summed E-state index contributed by atoms with van der Waals surface area (Å²) >= 11 is 0. The standard InChI is InChI=1S/C43H38N2/c1-29-14-11-18-32(26-29)44(33-19-12-17-31(27-33)30-15-7-6-8-16-30)34-24-25-40-38(28-34)43(4,5)37-22-13-21-36-41(37)45(40)39-23-10-9-20-35(39)42(36,2)3/h6-28H,1-5H3. The van der Waals surface area contributed by atoms with E-state index >= 15 is 0 Å². The first kappa shape index (κ1) is 27.5. The molecule has 45 heavy (non-hydrogen) atoms. The highest BCUT2D eigenvalue weighted by Crippen LogP contribution is 2.60. The molecule has 2 heteroatoms. The molecule has 0 spiro atoms. The fourth-order valence-corrected chi connectivity index (χ4v) is 7.68. The maximum atomic E-state index is 2.53. The number of hydrogen-bond donors (Lipinski definition) is 0. The van der Waals surface area contributed by atoms with Gasteiger partial charge in [0.1, 0.15) is 0 Å². The maximum Gasteiger partial charge on any atom is 0.0543 e. The van der Waals surface area contributed by atoms with Crippen LogP contribution in [0.2, 0.25) is 0 Å². The lowest BCUT2D eigenvalue weighted by Crippen LogP contribution is -2.38. The van der Waals surface area contributed by atoms with Gasteiger partial charge in [-0.1, -0.05) is 119 Å². The van der Waals surface area contributed by atoms with Crippen molar-refractivity contribution < 1.29 is 0 Å². The molecule has 0 fully saturated rings. The number of anilines is 6. The Kier molecular flexibility index (Phi) is 6.09. The zero-order valence-electron chi connectivity index (χ0n) is 26.7. The van der Waals surface area contributed by atoms with E-state index in [0.29, 0.717) is 0 Å². The molecule has 6 aromatic rings. The summed E-state index contributed by atoms with van der Waals surface area (Å²) in [5, 5.41) is 0. The molecule has 6 aromatic carbocycles. The van der Waals surface area contributed by atoms with E-state index < -0.39 is 0 Å². The Morgan fingerprint density at radius 3 is 1.76 bits per heavy atom. The highest BCUT2D eigenvalue weighted by atomic mass is 15.2. The van der Waals surface area contributed by atoms with Gasteiger partial charge in [-0.15, -0.1) is 0 Å². The molecule has 2 aliphatic rings. The average Bonchev–Trinajstić information content (AvgIpc) is 3.05. The summed E-state index contributed by atoms with van der Waals surface area (Å²) in [7, 11) is 0. The molecule has 220 valence electrons. The van der Waals surface area contributed by atoms with E-state index in [-0.39, 0.29) is 10.8 Å². The zero-order valence-corrected chi connectivity index (χ0v) is 26.7. The topological polar surface area (TPSA) is 6.48 Å². The normalized spacial score (nSPS) is 15.1. The van der Waals surface area contributed by atoms with Crippen molar-refractivity contribution >= 4 is 34.1 Å². The van der Waals surface area contributed by atoms with Crippen LogP contribution in [0.4, 0.5) is 34.1 Å². The summed E-state index contributed by atoms with van der Waals surface area (Å²) in [5.74, 6) is 0. The second-order valence-corrected chi connectivity index (χ2v) is 13.6. The highest BCUT2D eigenvalue weighted by Gasteiger charge is 2.45. The first-order valence-electron chi connectivity index (χ1n) is 16.0. The minimum absolute atomic E-state index is 0.0856. The van der Waals surface area contributed by atoms with Gasteiger partial charge in [-0.2, -0.15) is 0 Å². The molecule has 0 bridgehead atoms. The molecule has 0 unspecified atom stereocenters. The van der Waals surface area contributed by atoms with Gasteiger partial charge in [-0.25, -0.2) is 0 Å². The second kappa shape index (κ2) is 9.97. The number of aryl methyl sites for hydroxylation is 1. The molecule has 0 amide bonds. The zero-order chi connectivity index (χ0) is 30.9. The van der Waals surface area contributed by atoms with E-state index in [1.165, 1.54) is 56.0 Å². The number of fused-ring (bicyclic) bond motifs is 4. The number of rotatable bonds is 4. The predicted octanol–water partition coefficient (Wildman–Crippen LogP) is 11.9. The van der Waals surface area contributed by atoms with Crippen LogP contribution < -0.4 is 9.80 Å². The van der Waals surface area contributed by atoms with Crippen molar-refractivity contribution in [3.8, 4) is 11.1 Å². The summed E-state index contributed by atoms with van der Waals surface area (Å²) in [4.78, 5) is 4.94. The number of para-hydroxylation sites is 2. The van der Waals surface area contributed by atoms with E-state index in [2.05, 4.69) is 184 Å². The van der Waals surface area contributed by atoms with Crippen molar-refractivity contribution in [1.82, 2.24) is 0 Å². The smallest absolute Gasteiger partial charge is 0.0543 e. The van der Waals surface area contributed by atoms with Crippen LogP contribution in [0.5, 0.6) is 0 Å². The van der Waals surface area contributed by atoms with Crippen molar-refractivity contribution in [2.75, 3.05) is 9.80 Å². The van der Waals surface area contributed by atoms with Gasteiger partial charge >= 0.3 is 0 Å². The van der Waals surface area contributed by atoms with Crippen molar-refractivity contribution in [2.45, 2.75) is 45.4 Å². The van der Waals surface area contributed by atoms with E-state index in [9.17, 15) is 0 Å². The maximum absolute atomic E-state index is 2.53. The molecule has 0 N–H and O–H groups in total. The minimum Gasteiger partial charge on any atom is -0.310 e. The SMILES string of the molecule is Cc1cccc(N(c2cccc(-c3ccccc3)c2)c2ccc3c(c2)C(C)(C)c2cccc4c2N3c2ccccc2C4(C)C)c1. The van der Waals surface area contributed by atoms with Crippen LogP contribution in [-0.2, 0) is 10.8 Å². The number of nitrogens with zero attached hydrogens (tertiary/aromatic N) is 2. The molecule has 0 atom stereocenters. The molecule has 2 nitrogen and oxygen atoms in total. The molecule has 0 aliphatic carbocycles. The molecule has 0 radical (unpaired) electrons. The first-order valence-corrected chi connectivity index (χ1v) is 16.0. The Hall–Kier alpha value is -5.08. The van der Waals surface area contributed by atoms with E-state index in [1.807, 2.05) is 0 Å². The van der Waals surface area contributed by atoms with Crippen LogP contribution in [0.25, 0.3) is 11.1 Å². The predicted molar refractivity (Wildman–Crippen MR) is 190 cm³/mol. The summed E-state index contributed by atoms with van der Waals surface area (Å²) in [6.45, 7) is 11.7. The lowest BCUT2D eigenvalue weighted by Gasteiger charge is -2.49. The number of hydrogen-bond acceptors (Lipinski definition) is 2. The fraction of sp³-hybridized carbons (Fsp3) is 0.163. The molecule has 2 heterocycles. The Labute approximate surface area is 267 Å². The largest absolute Gasteiger partial charge is 0.310 e. The Morgan fingerprint density at radius 1 is 0.444 bits per heavy atom. The van der Waals surface area contributed by atoms with Crippen LogP contribution in [0.3, 0.4) is 0 Å².